The summed E-state index contributed by atoms with van der Waals surface area (Å²) in [7, 11) is 0. The summed E-state index contributed by atoms with van der Waals surface area (Å²) < 4.78 is 1.91. The summed E-state index contributed by atoms with van der Waals surface area (Å²) in [5, 5.41) is 12.2. The summed E-state index contributed by atoms with van der Waals surface area (Å²) in [6.45, 7) is 8.43. The Kier molecular flexibility index (Phi) is 8.91. The third-order valence-corrected chi connectivity index (χ3v) is 5.15. The Bertz CT molecular complexity index is 887. The van der Waals surface area contributed by atoms with Crippen molar-refractivity contribution in [1.82, 2.24) is 25.4 Å². The molecule has 0 unspecified atom stereocenters. The van der Waals surface area contributed by atoms with Gasteiger partial charge < -0.3 is 10.6 Å². The minimum Gasteiger partial charge on any atom is -0.357 e. The molecule has 3 aromatic rings. The van der Waals surface area contributed by atoms with Crippen LogP contribution in [-0.4, -0.2) is 33.8 Å². The van der Waals surface area contributed by atoms with Crippen LogP contribution in [-0.2, 0) is 13.0 Å². The summed E-state index contributed by atoms with van der Waals surface area (Å²) >= 11 is 1.71. The molecule has 0 bridgehead atoms. The van der Waals surface area contributed by atoms with E-state index < -0.39 is 0 Å². The predicted octanol–water partition coefficient (Wildman–Crippen LogP) is 3.86. The van der Waals surface area contributed by atoms with Crippen LogP contribution in [0.5, 0.6) is 0 Å². The first-order valence-corrected chi connectivity index (χ1v) is 10.0. The number of halogens is 1. The zero-order valence-corrected chi connectivity index (χ0v) is 19.6. The minimum atomic E-state index is 0. The molecule has 0 aliphatic rings. The fourth-order valence-electron chi connectivity index (χ4n) is 2.75. The molecule has 2 heterocycles. The number of aryl methyl sites for hydroxylation is 2. The average molecular weight is 510 g/mol. The maximum Gasteiger partial charge on any atom is 0.191 e. The van der Waals surface area contributed by atoms with Crippen LogP contribution in [0.1, 0.15) is 28.1 Å². The van der Waals surface area contributed by atoms with E-state index >= 15 is 0 Å². The van der Waals surface area contributed by atoms with Gasteiger partial charge in [-0.2, -0.15) is 5.10 Å². The van der Waals surface area contributed by atoms with Gasteiger partial charge >= 0.3 is 0 Å². The average Bonchev–Trinajstić information content (AvgIpc) is 3.26. The molecule has 8 heteroatoms. The van der Waals surface area contributed by atoms with Gasteiger partial charge in [-0.1, -0.05) is 18.2 Å². The highest BCUT2D eigenvalue weighted by molar-refractivity contribution is 14.0. The Morgan fingerprint density at radius 2 is 1.96 bits per heavy atom. The Morgan fingerprint density at radius 1 is 1.18 bits per heavy atom. The molecule has 0 fully saturated rings. The quantitative estimate of drug-likeness (QED) is 0.288. The van der Waals surface area contributed by atoms with Crippen molar-refractivity contribution in [3.8, 4) is 5.69 Å². The summed E-state index contributed by atoms with van der Waals surface area (Å²) in [6, 6.07) is 10.1. The van der Waals surface area contributed by atoms with Gasteiger partial charge in [-0.25, -0.2) is 14.7 Å². The van der Waals surface area contributed by atoms with E-state index in [-0.39, 0.29) is 24.0 Å². The van der Waals surface area contributed by atoms with Gasteiger partial charge in [0.15, 0.2) is 5.96 Å². The zero-order valence-electron chi connectivity index (χ0n) is 16.5. The van der Waals surface area contributed by atoms with Crippen LogP contribution in [0.15, 0.2) is 47.7 Å². The number of thiazole rings is 1. The highest BCUT2D eigenvalue weighted by Crippen LogP contribution is 2.17. The molecule has 0 atom stereocenters. The van der Waals surface area contributed by atoms with Crippen molar-refractivity contribution >= 4 is 41.3 Å². The molecular weight excluding hydrogens is 483 g/mol. The lowest BCUT2D eigenvalue weighted by molar-refractivity contribution is 0.799. The zero-order chi connectivity index (χ0) is 19.1. The SMILES string of the molecule is CCNC(=NCc1sc(C)nc1C)NCCc1cnn(-c2ccccc2)c1.I. The molecule has 0 saturated heterocycles. The largest absolute Gasteiger partial charge is 0.357 e. The van der Waals surface area contributed by atoms with Gasteiger partial charge in [0.2, 0.25) is 0 Å². The summed E-state index contributed by atoms with van der Waals surface area (Å²) in [5.74, 6) is 0.832. The molecular formula is C20H27IN6S. The summed E-state index contributed by atoms with van der Waals surface area (Å²) in [5.41, 5.74) is 3.34. The van der Waals surface area contributed by atoms with Crippen LogP contribution in [0.3, 0.4) is 0 Å². The monoisotopic (exact) mass is 510 g/mol. The minimum absolute atomic E-state index is 0. The Balaban J connectivity index is 0.00000280. The number of guanidine groups is 1. The lowest BCUT2D eigenvalue weighted by Crippen LogP contribution is -2.38. The van der Waals surface area contributed by atoms with Crippen molar-refractivity contribution in [2.45, 2.75) is 33.7 Å². The first-order chi connectivity index (χ1) is 13.2. The van der Waals surface area contributed by atoms with E-state index in [2.05, 4.69) is 38.8 Å². The third-order valence-electron chi connectivity index (χ3n) is 4.09. The third kappa shape index (κ3) is 6.30. The molecule has 0 aliphatic heterocycles. The van der Waals surface area contributed by atoms with Gasteiger partial charge in [-0.3, -0.25) is 0 Å². The van der Waals surface area contributed by atoms with E-state index in [1.165, 1.54) is 10.4 Å². The molecule has 0 spiro atoms. The Labute approximate surface area is 187 Å². The maximum absolute atomic E-state index is 4.69. The molecule has 2 N–H and O–H groups in total. The highest BCUT2D eigenvalue weighted by atomic mass is 127. The second kappa shape index (κ2) is 11.2. The number of rotatable bonds is 7. The first-order valence-electron chi connectivity index (χ1n) is 9.19. The highest BCUT2D eigenvalue weighted by Gasteiger charge is 2.05. The number of aliphatic imine (C=N–C) groups is 1. The van der Waals surface area contributed by atoms with E-state index in [1.807, 2.05) is 55.1 Å². The number of benzene rings is 1. The van der Waals surface area contributed by atoms with E-state index in [9.17, 15) is 0 Å². The van der Waals surface area contributed by atoms with E-state index in [0.717, 1.165) is 41.9 Å². The normalized spacial score (nSPS) is 11.2. The lowest BCUT2D eigenvalue weighted by Gasteiger charge is -2.10. The standard InChI is InChI=1S/C20H26N6S.HI/c1-4-21-20(23-13-19-15(2)25-16(3)27-19)22-11-10-17-12-24-26(14-17)18-8-6-5-7-9-18;/h5-9,12,14H,4,10-11,13H2,1-3H3,(H2,21,22,23);1H. The van der Waals surface area contributed by atoms with Crippen molar-refractivity contribution in [2.75, 3.05) is 13.1 Å². The molecule has 28 heavy (non-hydrogen) atoms. The molecule has 1 aromatic carbocycles. The molecule has 6 nitrogen and oxygen atoms in total. The van der Waals surface area contributed by atoms with Crippen molar-refractivity contribution in [3.63, 3.8) is 0 Å². The molecule has 0 radical (unpaired) electrons. The lowest BCUT2D eigenvalue weighted by atomic mass is 10.2. The fraction of sp³-hybridized carbons (Fsp3) is 0.350. The van der Waals surface area contributed by atoms with Gasteiger partial charge in [0.1, 0.15) is 0 Å². The number of aromatic nitrogens is 3. The predicted molar refractivity (Wildman–Crippen MR) is 127 cm³/mol. The number of hydrogen-bond donors (Lipinski definition) is 2. The molecule has 0 amide bonds. The van der Waals surface area contributed by atoms with E-state index in [0.29, 0.717) is 6.54 Å². The number of nitrogens with zero attached hydrogens (tertiary/aromatic N) is 4. The molecule has 150 valence electrons. The van der Waals surface area contributed by atoms with Gasteiger partial charge in [0, 0.05) is 24.2 Å². The topological polar surface area (TPSA) is 67.1 Å². The van der Waals surface area contributed by atoms with Crippen LogP contribution in [0.2, 0.25) is 0 Å². The number of para-hydroxylation sites is 1. The van der Waals surface area contributed by atoms with Crippen LogP contribution in [0, 0.1) is 13.8 Å². The van der Waals surface area contributed by atoms with Crippen LogP contribution < -0.4 is 10.6 Å². The molecule has 2 aromatic heterocycles. The van der Waals surface area contributed by atoms with Crippen molar-refractivity contribution in [1.29, 1.82) is 0 Å². The van der Waals surface area contributed by atoms with E-state index in [4.69, 9.17) is 0 Å². The van der Waals surface area contributed by atoms with Crippen LogP contribution in [0.4, 0.5) is 0 Å². The van der Waals surface area contributed by atoms with Gasteiger partial charge in [-0.15, -0.1) is 35.3 Å². The van der Waals surface area contributed by atoms with Crippen LogP contribution in [0.25, 0.3) is 5.69 Å². The van der Waals surface area contributed by atoms with Crippen molar-refractivity contribution in [3.05, 3.63) is 63.9 Å². The summed E-state index contributed by atoms with van der Waals surface area (Å²) in [4.78, 5) is 10.4. The van der Waals surface area contributed by atoms with Crippen molar-refractivity contribution in [2.24, 2.45) is 4.99 Å². The van der Waals surface area contributed by atoms with Gasteiger partial charge in [0.25, 0.3) is 0 Å². The number of nitrogens with one attached hydrogen (secondary N) is 2. The van der Waals surface area contributed by atoms with Crippen molar-refractivity contribution < 1.29 is 0 Å². The molecule has 0 saturated carbocycles. The molecule has 3 rings (SSSR count). The van der Waals surface area contributed by atoms with Gasteiger partial charge in [0.05, 0.1) is 29.1 Å². The Hall–Kier alpha value is -1.94. The summed E-state index contributed by atoms with van der Waals surface area (Å²) in [6.07, 6.45) is 4.88. The Morgan fingerprint density at radius 3 is 2.64 bits per heavy atom. The molecule has 0 aliphatic carbocycles. The second-order valence-electron chi connectivity index (χ2n) is 6.24. The second-order valence-corrected chi connectivity index (χ2v) is 7.53. The smallest absolute Gasteiger partial charge is 0.191 e. The fourth-order valence-corrected chi connectivity index (χ4v) is 3.61. The van der Waals surface area contributed by atoms with Gasteiger partial charge in [-0.05, 0) is 44.9 Å². The maximum atomic E-state index is 4.69. The van der Waals surface area contributed by atoms with E-state index in [1.54, 1.807) is 11.3 Å². The first kappa shape index (κ1) is 22.4. The van der Waals surface area contributed by atoms with Crippen LogP contribution >= 0.6 is 35.3 Å². The number of hydrogen-bond acceptors (Lipinski definition) is 4.